The number of hydrogen-bond acceptors (Lipinski definition) is 5. The number of fused-ring (bicyclic) bond motifs is 2. The maximum atomic E-state index is 13.2. The molecule has 6 atom stereocenters. The van der Waals surface area contributed by atoms with Gasteiger partial charge in [0.1, 0.15) is 5.75 Å². The molecule has 2 bridgehead atoms. The van der Waals surface area contributed by atoms with Crippen molar-refractivity contribution in [3.8, 4) is 5.75 Å². The Kier molecular flexibility index (Phi) is 9.15. The fourth-order valence-electron chi connectivity index (χ4n) is 6.10. The van der Waals surface area contributed by atoms with Gasteiger partial charge in [-0.05, 0) is 96.8 Å². The van der Waals surface area contributed by atoms with E-state index < -0.39 is 6.10 Å². The van der Waals surface area contributed by atoms with E-state index in [2.05, 4.69) is 48.6 Å². The zero-order valence-electron chi connectivity index (χ0n) is 23.2. The van der Waals surface area contributed by atoms with Crippen molar-refractivity contribution in [1.29, 1.82) is 0 Å². The fraction of sp³-hybridized carbons (Fsp3) is 0.531. The topological polar surface area (TPSA) is 61.8 Å². The molecule has 7 heteroatoms. The average molecular weight is 569 g/mol. The summed E-state index contributed by atoms with van der Waals surface area (Å²) in [5, 5.41) is 12.1. The molecule has 6 unspecified atom stereocenters. The third kappa shape index (κ3) is 6.44. The second-order valence-electron chi connectivity index (χ2n) is 11.6. The predicted octanol–water partition coefficient (Wildman–Crippen LogP) is 7.02. The molecule has 39 heavy (non-hydrogen) atoms. The van der Waals surface area contributed by atoms with Crippen molar-refractivity contribution < 1.29 is 14.6 Å². The van der Waals surface area contributed by atoms with Gasteiger partial charge in [-0.25, -0.2) is 0 Å². The quantitative estimate of drug-likeness (QED) is 0.307. The zero-order valence-corrected chi connectivity index (χ0v) is 24.8. The van der Waals surface area contributed by atoms with Crippen LogP contribution in [0.3, 0.4) is 0 Å². The Bertz CT molecular complexity index is 1200. The standard InChI is InChI=1S/C32H41ClN2O3S/c1-4-6-22-15-26(33)11-13-27(22)25-18-35-17-24-9-12-28(24)30(36)8-5-7-20(2)21(3)39-34-32(37)23-10-14-31(38-19-25)29(35)16-23/h5,8,10-11,13-16,20-21,24-25,28,30,36H,4,6-7,9,12,17-19H2,1-3H3,(H,34,37)/b8-5+. The SMILES string of the molecule is CCCc1cc(Cl)ccc1C1COc2ccc3cc2N(C1)CC1CCC1C(O)/C=C/CC(C)C(C)SNC3=O. The highest BCUT2D eigenvalue weighted by atomic mass is 35.5. The van der Waals surface area contributed by atoms with Gasteiger partial charge in [-0.2, -0.15) is 0 Å². The molecule has 0 spiro atoms. The molecule has 2 aliphatic heterocycles. The number of nitrogens with zero attached hydrogens (tertiary/aromatic N) is 1. The third-order valence-corrected chi connectivity index (χ3v) is 10.2. The summed E-state index contributed by atoms with van der Waals surface area (Å²) in [5.41, 5.74) is 4.17. The molecule has 0 radical (unpaired) electrons. The Balaban J connectivity index is 1.50. The number of allylic oxidation sites excluding steroid dienone is 1. The minimum Gasteiger partial charge on any atom is -0.491 e. The number of benzene rings is 2. The summed E-state index contributed by atoms with van der Waals surface area (Å²) in [5.74, 6) is 1.91. The Labute approximate surface area is 242 Å². The normalized spacial score (nSPS) is 30.3. The highest BCUT2D eigenvalue weighted by Crippen LogP contribution is 2.42. The van der Waals surface area contributed by atoms with Gasteiger partial charge in [-0.15, -0.1) is 0 Å². The largest absolute Gasteiger partial charge is 0.491 e. The van der Waals surface area contributed by atoms with E-state index in [1.807, 2.05) is 30.3 Å². The van der Waals surface area contributed by atoms with Gasteiger partial charge in [0.25, 0.3) is 5.91 Å². The van der Waals surface area contributed by atoms with E-state index in [1.54, 1.807) is 0 Å². The maximum Gasteiger partial charge on any atom is 0.261 e. The number of amides is 1. The molecule has 5 rings (SSSR count). The van der Waals surface area contributed by atoms with Crippen molar-refractivity contribution in [3.05, 3.63) is 70.3 Å². The molecule has 1 saturated carbocycles. The lowest BCUT2D eigenvalue weighted by Gasteiger charge is -2.42. The number of aliphatic hydroxyl groups is 1. The van der Waals surface area contributed by atoms with Crippen molar-refractivity contribution in [1.82, 2.24) is 4.72 Å². The number of anilines is 1. The van der Waals surface area contributed by atoms with Crippen LogP contribution >= 0.6 is 23.5 Å². The number of nitrogens with one attached hydrogen (secondary N) is 1. The Morgan fingerprint density at radius 3 is 2.77 bits per heavy atom. The molecular weight excluding hydrogens is 528 g/mol. The van der Waals surface area contributed by atoms with Crippen LogP contribution in [0.5, 0.6) is 5.75 Å². The van der Waals surface area contributed by atoms with E-state index in [9.17, 15) is 9.90 Å². The number of hydrogen-bond donors (Lipinski definition) is 2. The van der Waals surface area contributed by atoms with Crippen molar-refractivity contribution in [3.63, 3.8) is 0 Å². The number of aryl methyl sites for hydroxylation is 1. The lowest BCUT2D eigenvalue weighted by molar-refractivity contribution is 0.0461. The van der Waals surface area contributed by atoms with Gasteiger partial charge >= 0.3 is 0 Å². The molecule has 1 fully saturated rings. The third-order valence-electron chi connectivity index (χ3n) is 8.86. The first kappa shape index (κ1) is 28.4. The monoisotopic (exact) mass is 568 g/mol. The van der Waals surface area contributed by atoms with Crippen LogP contribution in [-0.4, -0.2) is 42.1 Å². The molecule has 0 aromatic heterocycles. The summed E-state index contributed by atoms with van der Waals surface area (Å²) >= 11 is 7.86. The van der Waals surface area contributed by atoms with Crippen LogP contribution in [0.25, 0.3) is 0 Å². The van der Waals surface area contributed by atoms with Gasteiger partial charge < -0.3 is 14.7 Å². The minimum atomic E-state index is -0.427. The van der Waals surface area contributed by atoms with E-state index >= 15 is 0 Å². The molecule has 1 amide bonds. The van der Waals surface area contributed by atoms with E-state index in [4.69, 9.17) is 16.3 Å². The summed E-state index contributed by atoms with van der Waals surface area (Å²) in [6.07, 6.45) is 8.74. The van der Waals surface area contributed by atoms with E-state index in [1.165, 1.54) is 23.1 Å². The molecule has 2 aromatic carbocycles. The summed E-state index contributed by atoms with van der Waals surface area (Å²) in [4.78, 5) is 15.6. The van der Waals surface area contributed by atoms with E-state index in [-0.39, 0.29) is 23.0 Å². The van der Waals surface area contributed by atoms with Gasteiger partial charge in [-0.3, -0.25) is 9.52 Å². The second kappa shape index (κ2) is 12.6. The van der Waals surface area contributed by atoms with Crippen LogP contribution in [0.4, 0.5) is 5.69 Å². The summed E-state index contributed by atoms with van der Waals surface area (Å²) < 4.78 is 9.51. The molecule has 1 aliphatic carbocycles. The molecule has 2 heterocycles. The minimum absolute atomic E-state index is 0.0786. The first-order chi connectivity index (χ1) is 18.8. The smallest absolute Gasteiger partial charge is 0.261 e. The van der Waals surface area contributed by atoms with Gasteiger partial charge in [-0.1, -0.05) is 57.0 Å². The molecule has 3 aliphatic rings. The lowest BCUT2D eigenvalue weighted by Crippen LogP contribution is -2.44. The van der Waals surface area contributed by atoms with E-state index in [0.29, 0.717) is 24.0 Å². The van der Waals surface area contributed by atoms with Gasteiger partial charge in [0, 0.05) is 34.8 Å². The van der Waals surface area contributed by atoms with Crippen LogP contribution in [-0.2, 0) is 6.42 Å². The fourth-order valence-corrected chi connectivity index (χ4v) is 7.05. The predicted molar refractivity (Wildman–Crippen MR) is 162 cm³/mol. The van der Waals surface area contributed by atoms with Gasteiger partial charge in [0.2, 0.25) is 0 Å². The van der Waals surface area contributed by atoms with Crippen LogP contribution in [0.15, 0.2) is 48.6 Å². The Morgan fingerprint density at radius 2 is 2.00 bits per heavy atom. The van der Waals surface area contributed by atoms with Crippen LogP contribution in [0.1, 0.15) is 73.9 Å². The van der Waals surface area contributed by atoms with Gasteiger partial charge in [0.05, 0.1) is 18.4 Å². The van der Waals surface area contributed by atoms with E-state index in [0.717, 1.165) is 61.7 Å². The Morgan fingerprint density at radius 1 is 1.15 bits per heavy atom. The molecule has 2 N–H and O–H groups in total. The lowest BCUT2D eigenvalue weighted by atomic mass is 9.70. The first-order valence-electron chi connectivity index (χ1n) is 14.4. The van der Waals surface area contributed by atoms with Crippen molar-refractivity contribution in [2.75, 3.05) is 24.6 Å². The number of halogens is 1. The maximum absolute atomic E-state index is 13.2. The number of carbonyl (C=O) groups is 1. The molecule has 5 nitrogen and oxygen atoms in total. The van der Waals surface area contributed by atoms with Crippen LogP contribution in [0, 0.1) is 17.8 Å². The highest BCUT2D eigenvalue weighted by Gasteiger charge is 2.38. The van der Waals surface area contributed by atoms with Crippen molar-refractivity contribution in [2.24, 2.45) is 17.8 Å². The highest BCUT2D eigenvalue weighted by molar-refractivity contribution is 7.98. The number of aliphatic hydroxyl groups excluding tert-OH is 1. The number of rotatable bonds is 3. The number of ether oxygens (including phenoxy) is 1. The molecular formula is C32H41ClN2O3S. The average Bonchev–Trinajstić information content (AvgIpc) is 3.08. The van der Waals surface area contributed by atoms with Crippen LogP contribution < -0.4 is 14.4 Å². The summed E-state index contributed by atoms with van der Waals surface area (Å²) in [6.45, 7) is 8.70. The second-order valence-corrected chi connectivity index (χ2v) is 13.2. The summed E-state index contributed by atoms with van der Waals surface area (Å²) in [6, 6.07) is 12.0. The van der Waals surface area contributed by atoms with Crippen LogP contribution in [0.2, 0.25) is 5.02 Å². The number of carbonyl (C=O) groups excluding carboxylic acids is 1. The molecule has 2 aromatic rings. The van der Waals surface area contributed by atoms with Gasteiger partial charge in [0.15, 0.2) is 0 Å². The zero-order chi connectivity index (χ0) is 27.5. The molecule has 210 valence electrons. The summed E-state index contributed by atoms with van der Waals surface area (Å²) in [7, 11) is 0. The molecule has 0 saturated heterocycles. The van der Waals surface area contributed by atoms with Crippen molar-refractivity contribution in [2.45, 2.75) is 70.1 Å². The van der Waals surface area contributed by atoms with Crippen molar-refractivity contribution >= 4 is 35.1 Å². The Hall–Kier alpha value is -2.15. The first-order valence-corrected chi connectivity index (χ1v) is 15.7.